The lowest BCUT2D eigenvalue weighted by atomic mass is 9.94. The molecule has 3 rings (SSSR count). The molecule has 5 heteroatoms. The quantitative estimate of drug-likeness (QED) is 0.901. The predicted molar refractivity (Wildman–Crippen MR) is 79.9 cm³/mol. The summed E-state index contributed by atoms with van der Waals surface area (Å²) in [7, 11) is 1.84. The van der Waals surface area contributed by atoms with Crippen molar-refractivity contribution in [1.82, 2.24) is 9.97 Å². The number of thiophene rings is 1. The topological polar surface area (TPSA) is 49.8 Å². The van der Waals surface area contributed by atoms with Crippen LogP contribution in [0.4, 0.5) is 11.8 Å². The number of aromatic nitrogens is 2. The first-order chi connectivity index (χ1) is 9.26. The van der Waals surface area contributed by atoms with E-state index in [1.165, 1.54) is 29.7 Å². The van der Waals surface area contributed by atoms with Crippen LogP contribution in [0.15, 0.2) is 17.5 Å². The Morgan fingerprint density at radius 1 is 1.37 bits per heavy atom. The van der Waals surface area contributed by atoms with Crippen molar-refractivity contribution in [3.63, 3.8) is 0 Å². The van der Waals surface area contributed by atoms with E-state index in [0.29, 0.717) is 12.0 Å². The number of nitrogens with one attached hydrogen (secondary N) is 2. The molecule has 2 aromatic rings. The van der Waals surface area contributed by atoms with E-state index in [4.69, 9.17) is 0 Å². The van der Waals surface area contributed by atoms with Gasteiger partial charge in [-0.1, -0.05) is 0 Å². The van der Waals surface area contributed by atoms with E-state index in [2.05, 4.69) is 32.0 Å². The summed E-state index contributed by atoms with van der Waals surface area (Å²) < 4.78 is 0. The third-order valence-electron chi connectivity index (χ3n) is 3.45. The van der Waals surface area contributed by atoms with Gasteiger partial charge in [-0.3, -0.25) is 0 Å². The average molecular weight is 274 g/mol. The van der Waals surface area contributed by atoms with E-state index in [1.807, 2.05) is 31.4 Å². The number of hydrogen-bond donors (Lipinski definition) is 2. The number of fused-ring (bicyclic) bond motifs is 1. The molecule has 4 nitrogen and oxygen atoms in total. The first-order valence-corrected chi connectivity index (χ1v) is 7.50. The van der Waals surface area contributed by atoms with Gasteiger partial charge in [0.05, 0.1) is 6.04 Å². The van der Waals surface area contributed by atoms with Crippen molar-refractivity contribution in [2.24, 2.45) is 0 Å². The Hall–Kier alpha value is -1.62. The van der Waals surface area contributed by atoms with Crippen LogP contribution in [-0.2, 0) is 6.42 Å². The monoisotopic (exact) mass is 274 g/mol. The van der Waals surface area contributed by atoms with Gasteiger partial charge in [0.1, 0.15) is 5.82 Å². The van der Waals surface area contributed by atoms with Crippen LogP contribution >= 0.6 is 11.3 Å². The molecular formula is C14H18N4S. The molecule has 1 unspecified atom stereocenters. The summed E-state index contributed by atoms with van der Waals surface area (Å²) >= 11 is 1.87. The number of hydrogen-bond acceptors (Lipinski definition) is 5. The molecule has 0 amide bonds. The lowest BCUT2D eigenvalue weighted by Gasteiger charge is -2.24. The summed E-state index contributed by atoms with van der Waals surface area (Å²) in [6.45, 7) is 1.99. The molecule has 2 heterocycles. The van der Waals surface area contributed by atoms with Crippen LogP contribution in [0.5, 0.6) is 0 Å². The molecule has 0 saturated heterocycles. The Morgan fingerprint density at radius 3 is 3.11 bits per heavy atom. The first kappa shape index (κ1) is 12.4. The Kier molecular flexibility index (Phi) is 3.38. The highest BCUT2D eigenvalue weighted by Gasteiger charge is 2.21. The normalized spacial score (nSPS) is 17.9. The summed E-state index contributed by atoms with van der Waals surface area (Å²) in [6, 6.07) is 4.62. The zero-order chi connectivity index (χ0) is 13.2. The van der Waals surface area contributed by atoms with Gasteiger partial charge in [-0.05, 0) is 43.2 Å². The van der Waals surface area contributed by atoms with Crippen LogP contribution in [-0.4, -0.2) is 17.0 Å². The zero-order valence-electron chi connectivity index (χ0n) is 11.2. The lowest BCUT2D eigenvalue weighted by molar-refractivity contribution is 0.607. The van der Waals surface area contributed by atoms with Gasteiger partial charge >= 0.3 is 0 Å². The second-order valence-electron chi connectivity index (χ2n) is 4.86. The molecule has 0 aromatic carbocycles. The minimum Gasteiger partial charge on any atom is -0.363 e. The van der Waals surface area contributed by atoms with Gasteiger partial charge in [-0.15, -0.1) is 11.3 Å². The van der Waals surface area contributed by atoms with Gasteiger partial charge in [0.2, 0.25) is 5.95 Å². The zero-order valence-corrected chi connectivity index (χ0v) is 12.0. The third kappa shape index (κ3) is 2.56. The lowest BCUT2D eigenvalue weighted by Crippen LogP contribution is -2.17. The fourth-order valence-corrected chi connectivity index (χ4v) is 3.56. The van der Waals surface area contributed by atoms with Crippen LogP contribution in [0.3, 0.4) is 0 Å². The number of nitrogens with zero attached hydrogens (tertiary/aromatic N) is 2. The van der Waals surface area contributed by atoms with Gasteiger partial charge in [0.15, 0.2) is 0 Å². The average Bonchev–Trinajstić information content (AvgIpc) is 2.87. The molecule has 0 spiro atoms. The highest BCUT2D eigenvalue weighted by Crippen LogP contribution is 2.35. The highest BCUT2D eigenvalue weighted by atomic mass is 32.1. The maximum Gasteiger partial charge on any atom is 0.224 e. The summed E-state index contributed by atoms with van der Waals surface area (Å²) in [5, 5.41) is 8.74. The van der Waals surface area contributed by atoms with E-state index in [0.717, 1.165) is 11.5 Å². The molecule has 1 aliphatic carbocycles. The fraction of sp³-hybridized carbons (Fsp3) is 0.429. The maximum absolute atomic E-state index is 4.47. The first-order valence-electron chi connectivity index (χ1n) is 6.62. The SMILES string of the molecule is CNc1nc(C)cc(NC2CCCc3sccc32)n1. The van der Waals surface area contributed by atoms with Crippen LogP contribution < -0.4 is 10.6 Å². The minimum atomic E-state index is 0.383. The highest BCUT2D eigenvalue weighted by molar-refractivity contribution is 7.10. The Labute approximate surface area is 117 Å². The van der Waals surface area contributed by atoms with Crippen LogP contribution in [0.1, 0.15) is 35.0 Å². The summed E-state index contributed by atoms with van der Waals surface area (Å²) in [5.74, 6) is 1.57. The summed E-state index contributed by atoms with van der Waals surface area (Å²) in [6.07, 6.45) is 3.63. The Morgan fingerprint density at radius 2 is 2.26 bits per heavy atom. The van der Waals surface area contributed by atoms with Crippen LogP contribution in [0, 0.1) is 6.92 Å². The number of anilines is 2. The largest absolute Gasteiger partial charge is 0.363 e. The van der Waals surface area contributed by atoms with Crippen LogP contribution in [0.25, 0.3) is 0 Å². The van der Waals surface area contributed by atoms with Crippen molar-refractivity contribution in [2.75, 3.05) is 17.7 Å². The molecule has 1 aliphatic rings. The summed E-state index contributed by atoms with van der Waals surface area (Å²) in [4.78, 5) is 10.3. The van der Waals surface area contributed by atoms with E-state index in [1.54, 1.807) is 0 Å². The van der Waals surface area contributed by atoms with Crippen LogP contribution in [0.2, 0.25) is 0 Å². The van der Waals surface area contributed by atoms with Gasteiger partial charge in [-0.25, -0.2) is 4.98 Å². The predicted octanol–water partition coefficient (Wildman–Crippen LogP) is 3.38. The summed E-state index contributed by atoms with van der Waals surface area (Å²) in [5.41, 5.74) is 2.42. The van der Waals surface area contributed by atoms with E-state index < -0.39 is 0 Å². The van der Waals surface area contributed by atoms with Gasteiger partial charge < -0.3 is 10.6 Å². The molecule has 1 atom stereocenters. The molecule has 0 saturated carbocycles. The fourth-order valence-electron chi connectivity index (χ4n) is 2.57. The number of aryl methyl sites for hydroxylation is 2. The van der Waals surface area contributed by atoms with Gasteiger partial charge in [0.25, 0.3) is 0 Å². The Balaban J connectivity index is 1.85. The third-order valence-corrected chi connectivity index (χ3v) is 4.45. The molecule has 0 aliphatic heterocycles. The standard InChI is InChI=1S/C14H18N4S/c1-9-8-13(18-14(15-2)16-9)17-11-4-3-5-12-10(11)6-7-19-12/h6-8,11H,3-5H2,1-2H3,(H2,15,16,17,18). The van der Waals surface area contributed by atoms with Crippen molar-refractivity contribution < 1.29 is 0 Å². The van der Waals surface area contributed by atoms with Crippen molar-refractivity contribution in [3.05, 3.63) is 33.6 Å². The molecule has 2 aromatic heterocycles. The Bertz CT molecular complexity index is 579. The minimum absolute atomic E-state index is 0.383. The van der Waals surface area contributed by atoms with Crippen molar-refractivity contribution in [3.8, 4) is 0 Å². The van der Waals surface area contributed by atoms with E-state index >= 15 is 0 Å². The van der Waals surface area contributed by atoms with Crippen molar-refractivity contribution in [2.45, 2.75) is 32.2 Å². The second-order valence-corrected chi connectivity index (χ2v) is 5.86. The molecule has 0 bridgehead atoms. The van der Waals surface area contributed by atoms with Crippen molar-refractivity contribution in [1.29, 1.82) is 0 Å². The number of rotatable bonds is 3. The molecular weight excluding hydrogens is 256 g/mol. The maximum atomic E-state index is 4.47. The van der Waals surface area contributed by atoms with Gasteiger partial charge in [-0.2, -0.15) is 4.98 Å². The molecule has 19 heavy (non-hydrogen) atoms. The molecule has 2 N–H and O–H groups in total. The second kappa shape index (κ2) is 5.17. The smallest absolute Gasteiger partial charge is 0.224 e. The van der Waals surface area contributed by atoms with E-state index in [-0.39, 0.29) is 0 Å². The molecule has 100 valence electrons. The van der Waals surface area contributed by atoms with E-state index in [9.17, 15) is 0 Å². The van der Waals surface area contributed by atoms with Crippen molar-refractivity contribution >= 4 is 23.1 Å². The van der Waals surface area contributed by atoms with Gasteiger partial charge in [0, 0.05) is 23.7 Å². The molecule has 0 radical (unpaired) electrons. The molecule has 0 fully saturated rings.